The van der Waals surface area contributed by atoms with Crippen molar-refractivity contribution in [2.45, 2.75) is 44.4 Å². The first-order valence-electron chi connectivity index (χ1n) is 9.44. The summed E-state index contributed by atoms with van der Waals surface area (Å²) in [7, 11) is 0. The molecule has 28 heavy (non-hydrogen) atoms. The number of ketones is 1. The van der Waals surface area contributed by atoms with Crippen LogP contribution in [0.3, 0.4) is 0 Å². The Balaban J connectivity index is 1.44. The number of halogens is 3. The van der Waals surface area contributed by atoms with E-state index in [0.29, 0.717) is 31.7 Å². The molecule has 3 heterocycles. The highest BCUT2D eigenvalue weighted by Gasteiger charge is 2.43. The SMILES string of the molecule is CC1(O)CC(=O)CC2=C1C(C1CCN(c3ccc(C(F)(F)F)nc3)CC1)=NC2. The topological polar surface area (TPSA) is 65.8 Å². The van der Waals surface area contributed by atoms with Crippen molar-refractivity contribution in [1.29, 1.82) is 0 Å². The molecule has 0 saturated carbocycles. The van der Waals surface area contributed by atoms with Crippen LogP contribution >= 0.6 is 0 Å². The Kier molecular flexibility index (Phi) is 4.56. The van der Waals surface area contributed by atoms with E-state index in [1.54, 1.807) is 6.92 Å². The minimum atomic E-state index is -4.43. The van der Waals surface area contributed by atoms with Gasteiger partial charge in [-0.2, -0.15) is 13.2 Å². The first-order chi connectivity index (χ1) is 13.1. The number of Topliss-reactive ketones (excluding diaryl/α,β-unsaturated/α-hetero) is 1. The number of piperidine rings is 1. The molecule has 0 bridgehead atoms. The Hall–Kier alpha value is -2.22. The summed E-state index contributed by atoms with van der Waals surface area (Å²) >= 11 is 0. The number of hydrogen-bond acceptors (Lipinski definition) is 5. The lowest BCUT2D eigenvalue weighted by Gasteiger charge is -2.37. The first-order valence-corrected chi connectivity index (χ1v) is 9.44. The molecule has 4 rings (SSSR count). The molecule has 8 heteroatoms. The van der Waals surface area contributed by atoms with E-state index in [4.69, 9.17) is 0 Å². The Bertz CT molecular complexity index is 848. The third-order valence-corrected chi connectivity index (χ3v) is 5.83. The zero-order valence-electron chi connectivity index (χ0n) is 15.6. The number of carbonyl (C=O) groups excluding carboxylic acids is 1. The van der Waals surface area contributed by atoms with Crippen molar-refractivity contribution in [2.24, 2.45) is 10.9 Å². The van der Waals surface area contributed by atoms with Gasteiger partial charge < -0.3 is 10.0 Å². The molecule has 0 radical (unpaired) electrons. The highest BCUT2D eigenvalue weighted by atomic mass is 19.4. The quantitative estimate of drug-likeness (QED) is 0.838. The zero-order valence-corrected chi connectivity index (χ0v) is 15.6. The molecule has 1 fully saturated rings. The van der Waals surface area contributed by atoms with Crippen molar-refractivity contribution < 1.29 is 23.1 Å². The van der Waals surface area contributed by atoms with Gasteiger partial charge in [0.25, 0.3) is 0 Å². The van der Waals surface area contributed by atoms with E-state index in [2.05, 4.69) is 9.98 Å². The summed E-state index contributed by atoms with van der Waals surface area (Å²) in [6, 6.07) is 2.47. The molecule has 0 aromatic carbocycles. The molecular weight excluding hydrogens is 371 g/mol. The van der Waals surface area contributed by atoms with E-state index in [1.165, 1.54) is 12.3 Å². The molecule has 0 spiro atoms. The second-order valence-corrected chi connectivity index (χ2v) is 8.01. The molecule has 3 aliphatic rings. The van der Waals surface area contributed by atoms with Crippen molar-refractivity contribution >= 4 is 17.2 Å². The van der Waals surface area contributed by atoms with Crippen LogP contribution in [-0.4, -0.2) is 46.8 Å². The molecule has 150 valence electrons. The van der Waals surface area contributed by atoms with Crippen molar-refractivity contribution in [2.75, 3.05) is 24.5 Å². The van der Waals surface area contributed by atoms with Crippen molar-refractivity contribution in [3.05, 3.63) is 35.2 Å². The summed E-state index contributed by atoms with van der Waals surface area (Å²) in [4.78, 5) is 22.1. The van der Waals surface area contributed by atoms with Gasteiger partial charge in [-0.1, -0.05) is 0 Å². The standard InChI is InChI=1S/C20H22F3N3O2/c1-19(28)9-15(27)8-13-10-25-18(17(13)19)12-4-6-26(7-5-12)14-2-3-16(24-11-14)20(21,22)23/h2-3,11-12,28H,4-10H2,1H3. The average molecular weight is 393 g/mol. The van der Waals surface area contributed by atoms with Gasteiger partial charge in [-0.3, -0.25) is 9.79 Å². The summed E-state index contributed by atoms with van der Waals surface area (Å²) < 4.78 is 38.0. The molecule has 2 aliphatic heterocycles. The molecule has 1 N–H and O–H groups in total. The second-order valence-electron chi connectivity index (χ2n) is 8.01. The number of aliphatic hydroxyl groups is 1. The molecule has 1 aromatic heterocycles. The lowest BCUT2D eigenvalue weighted by molar-refractivity contribution is -0.141. The lowest BCUT2D eigenvalue weighted by atomic mass is 9.74. The maximum atomic E-state index is 12.7. The van der Waals surface area contributed by atoms with Gasteiger partial charge in [0.05, 0.1) is 24.0 Å². The predicted molar refractivity (Wildman–Crippen MR) is 98.4 cm³/mol. The minimum Gasteiger partial charge on any atom is -0.385 e. The molecule has 1 aromatic rings. The van der Waals surface area contributed by atoms with Crippen LogP contribution in [0, 0.1) is 5.92 Å². The van der Waals surface area contributed by atoms with Crippen LogP contribution in [0.5, 0.6) is 0 Å². The maximum absolute atomic E-state index is 12.7. The number of nitrogens with zero attached hydrogens (tertiary/aromatic N) is 3. The summed E-state index contributed by atoms with van der Waals surface area (Å²) in [5.41, 5.74) is 1.33. The number of carbonyl (C=O) groups is 1. The van der Waals surface area contributed by atoms with E-state index in [-0.39, 0.29) is 18.1 Å². The van der Waals surface area contributed by atoms with Gasteiger partial charge in [0.2, 0.25) is 0 Å². The van der Waals surface area contributed by atoms with Crippen LogP contribution < -0.4 is 4.90 Å². The monoisotopic (exact) mass is 393 g/mol. The normalized spacial score (nSPS) is 26.5. The fourth-order valence-corrected chi connectivity index (χ4v) is 4.58. The maximum Gasteiger partial charge on any atom is 0.433 e. The summed E-state index contributed by atoms with van der Waals surface area (Å²) in [5.74, 6) is 0.232. The Morgan fingerprint density at radius 1 is 1.25 bits per heavy atom. The van der Waals surface area contributed by atoms with Gasteiger partial charge in [-0.15, -0.1) is 0 Å². The fraction of sp³-hybridized carbons (Fsp3) is 0.550. The molecule has 5 nitrogen and oxygen atoms in total. The lowest BCUT2D eigenvalue weighted by Crippen LogP contribution is -2.42. The number of pyridine rings is 1. The fourth-order valence-electron chi connectivity index (χ4n) is 4.58. The van der Waals surface area contributed by atoms with Crippen LogP contribution in [-0.2, 0) is 11.0 Å². The third-order valence-electron chi connectivity index (χ3n) is 5.83. The number of rotatable bonds is 2. The van der Waals surface area contributed by atoms with Gasteiger partial charge in [0.15, 0.2) is 0 Å². The predicted octanol–water partition coefficient (Wildman–Crippen LogP) is 3.18. The van der Waals surface area contributed by atoms with Crippen LogP contribution in [0.2, 0.25) is 0 Å². The number of anilines is 1. The highest BCUT2D eigenvalue weighted by molar-refractivity contribution is 6.08. The average Bonchev–Trinajstić information content (AvgIpc) is 3.05. The van der Waals surface area contributed by atoms with E-state index in [0.717, 1.165) is 35.8 Å². The van der Waals surface area contributed by atoms with Crippen LogP contribution in [0.15, 0.2) is 34.5 Å². The van der Waals surface area contributed by atoms with Crippen molar-refractivity contribution in [3.8, 4) is 0 Å². The largest absolute Gasteiger partial charge is 0.433 e. The van der Waals surface area contributed by atoms with E-state index >= 15 is 0 Å². The van der Waals surface area contributed by atoms with Crippen molar-refractivity contribution in [1.82, 2.24) is 4.98 Å². The molecule has 1 atom stereocenters. The van der Waals surface area contributed by atoms with Gasteiger partial charge in [0.1, 0.15) is 11.5 Å². The third kappa shape index (κ3) is 3.45. The van der Waals surface area contributed by atoms with Gasteiger partial charge >= 0.3 is 6.18 Å². The number of aliphatic imine (C=N–C) groups is 1. The van der Waals surface area contributed by atoms with Gasteiger partial charge in [-0.05, 0) is 37.5 Å². The molecular formula is C20H22F3N3O2. The van der Waals surface area contributed by atoms with Crippen molar-refractivity contribution in [3.63, 3.8) is 0 Å². The van der Waals surface area contributed by atoms with E-state index < -0.39 is 17.5 Å². The first kappa shape index (κ1) is 19.1. The van der Waals surface area contributed by atoms with E-state index in [9.17, 15) is 23.1 Å². The summed E-state index contributed by atoms with van der Waals surface area (Å²) in [6.07, 6.45) is -1.08. The number of hydrogen-bond donors (Lipinski definition) is 1. The summed E-state index contributed by atoms with van der Waals surface area (Å²) in [5, 5.41) is 10.8. The minimum absolute atomic E-state index is 0.0461. The van der Waals surface area contributed by atoms with Crippen LogP contribution in [0.4, 0.5) is 18.9 Å². The number of alkyl halides is 3. The second kappa shape index (κ2) is 6.69. The van der Waals surface area contributed by atoms with Crippen LogP contribution in [0.1, 0.15) is 38.3 Å². The highest BCUT2D eigenvalue weighted by Crippen LogP contribution is 2.40. The smallest absolute Gasteiger partial charge is 0.385 e. The van der Waals surface area contributed by atoms with E-state index in [1.807, 2.05) is 4.90 Å². The number of aromatic nitrogens is 1. The molecule has 1 aliphatic carbocycles. The molecule has 1 unspecified atom stereocenters. The van der Waals surface area contributed by atoms with Gasteiger partial charge in [-0.25, -0.2) is 4.98 Å². The summed E-state index contributed by atoms with van der Waals surface area (Å²) in [6.45, 7) is 3.53. The Morgan fingerprint density at radius 2 is 1.96 bits per heavy atom. The Labute approximate surface area is 161 Å². The van der Waals surface area contributed by atoms with Gasteiger partial charge in [0, 0.05) is 43.1 Å². The van der Waals surface area contributed by atoms with Crippen LogP contribution in [0.25, 0.3) is 0 Å². The molecule has 0 amide bonds. The molecule has 1 saturated heterocycles. The zero-order chi connectivity index (χ0) is 20.1. The Morgan fingerprint density at radius 3 is 2.57 bits per heavy atom.